The first kappa shape index (κ1) is 11.2. The summed E-state index contributed by atoms with van der Waals surface area (Å²) < 4.78 is 29.8. The monoisotopic (exact) mass is 267 g/mol. The van der Waals surface area contributed by atoms with E-state index in [-0.39, 0.29) is 16.6 Å². The molecule has 1 aromatic heterocycles. The van der Waals surface area contributed by atoms with Crippen LogP contribution in [0.15, 0.2) is 11.0 Å². The Morgan fingerprint density at radius 2 is 2.29 bits per heavy atom. The third-order valence-corrected chi connectivity index (χ3v) is 2.33. The minimum atomic E-state index is -2.80. The number of pyridine rings is 1. The van der Waals surface area contributed by atoms with E-state index in [0.717, 1.165) is 0 Å². The summed E-state index contributed by atoms with van der Waals surface area (Å²) in [5.41, 5.74) is -1.14. The van der Waals surface area contributed by atoms with Gasteiger partial charge in [-0.3, -0.25) is 4.79 Å². The van der Waals surface area contributed by atoms with Crippen LogP contribution in [-0.2, 0) is 5.33 Å². The summed E-state index contributed by atoms with van der Waals surface area (Å²) in [6, 6.07) is 0. The number of aromatic amines is 1. The average Bonchev–Trinajstić information content (AvgIpc) is 2.16. The maximum absolute atomic E-state index is 12.5. The van der Waals surface area contributed by atoms with Crippen molar-refractivity contribution in [3.05, 3.63) is 27.7 Å². The standard InChI is InChI=1S/C8H8BrF2NO2/c1-14-5-3-12-8(13)6(7(10)11)4(5)2-9/h3,7H,2H2,1H3,(H,12,13). The van der Waals surface area contributed by atoms with E-state index in [2.05, 4.69) is 20.9 Å². The van der Waals surface area contributed by atoms with Gasteiger partial charge >= 0.3 is 0 Å². The molecule has 14 heavy (non-hydrogen) atoms. The van der Waals surface area contributed by atoms with Crippen molar-refractivity contribution >= 4 is 15.9 Å². The molecule has 6 heteroatoms. The summed E-state index contributed by atoms with van der Waals surface area (Å²) >= 11 is 3.04. The van der Waals surface area contributed by atoms with Gasteiger partial charge in [0.2, 0.25) is 0 Å². The molecule has 0 aliphatic heterocycles. The number of H-pyrrole nitrogens is 1. The number of aromatic nitrogens is 1. The number of hydrogen-bond acceptors (Lipinski definition) is 2. The van der Waals surface area contributed by atoms with Gasteiger partial charge < -0.3 is 9.72 Å². The fourth-order valence-electron chi connectivity index (χ4n) is 1.12. The highest BCUT2D eigenvalue weighted by Gasteiger charge is 2.20. The number of ether oxygens (including phenoxy) is 1. The second-order valence-corrected chi connectivity index (χ2v) is 3.07. The molecule has 78 valence electrons. The van der Waals surface area contributed by atoms with E-state index in [0.29, 0.717) is 0 Å². The topological polar surface area (TPSA) is 42.1 Å². The zero-order valence-corrected chi connectivity index (χ0v) is 8.90. The van der Waals surface area contributed by atoms with Crippen LogP contribution in [0.5, 0.6) is 5.75 Å². The molecular weight excluding hydrogens is 260 g/mol. The van der Waals surface area contributed by atoms with Gasteiger partial charge in [-0.05, 0) is 0 Å². The Bertz CT molecular complexity index is 378. The maximum atomic E-state index is 12.5. The lowest BCUT2D eigenvalue weighted by Crippen LogP contribution is -2.16. The smallest absolute Gasteiger partial charge is 0.269 e. The van der Waals surface area contributed by atoms with Gasteiger partial charge in [-0.1, -0.05) is 15.9 Å². The minimum absolute atomic E-state index is 0.153. The highest BCUT2D eigenvalue weighted by Crippen LogP contribution is 2.27. The molecule has 0 aliphatic carbocycles. The summed E-state index contributed by atoms with van der Waals surface area (Å²) in [7, 11) is 1.36. The van der Waals surface area contributed by atoms with Crippen molar-refractivity contribution in [3.8, 4) is 5.75 Å². The van der Waals surface area contributed by atoms with Gasteiger partial charge in [-0.15, -0.1) is 0 Å². The fraction of sp³-hybridized carbons (Fsp3) is 0.375. The molecule has 0 fully saturated rings. The Morgan fingerprint density at radius 1 is 1.64 bits per heavy atom. The van der Waals surface area contributed by atoms with E-state index in [1.54, 1.807) is 0 Å². The summed E-state index contributed by atoms with van der Waals surface area (Å²) in [5.74, 6) is 0.247. The van der Waals surface area contributed by atoms with Crippen molar-refractivity contribution in [2.24, 2.45) is 0 Å². The van der Waals surface area contributed by atoms with Gasteiger partial charge in [-0.2, -0.15) is 0 Å². The van der Waals surface area contributed by atoms with E-state index in [1.165, 1.54) is 13.3 Å². The number of methoxy groups -OCH3 is 1. The Hall–Kier alpha value is -0.910. The van der Waals surface area contributed by atoms with Crippen molar-refractivity contribution in [3.63, 3.8) is 0 Å². The molecule has 0 unspecified atom stereocenters. The molecule has 0 saturated carbocycles. The third kappa shape index (κ3) is 1.95. The molecule has 1 rings (SSSR count). The van der Waals surface area contributed by atoms with E-state index in [1.807, 2.05) is 0 Å². The first-order chi connectivity index (χ1) is 6.61. The van der Waals surface area contributed by atoms with Crippen molar-refractivity contribution in [2.75, 3.05) is 7.11 Å². The molecule has 3 nitrogen and oxygen atoms in total. The molecule has 0 saturated heterocycles. The van der Waals surface area contributed by atoms with Gasteiger partial charge in [-0.25, -0.2) is 8.78 Å². The highest BCUT2D eigenvalue weighted by atomic mass is 79.9. The van der Waals surface area contributed by atoms with E-state index in [9.17, 15) is 13.6 Å². The van der Waals surface area contributed by atoms with Gasteiger partial charge in [0.25, 0.3) is 12.0 Å². The first-order valence-corrected chi connectivity index (χ1v) is 4.86. The molecule has 1 aromatic rings. The van der Waals surface area contributed by atoms with Crippen LogP contribution in [0.2, 0.25) is 0 Å². The quantitative estimate of drug-likeness (QED) is 0.854. The maximum Gasteiger partial charge on any atom is 0.269 e. The number of hydrogen-bond donors (Lipinski definition) is 1. The van der Waals surface area contributed by atoms with Crippen LogP contribution in [0.4, 0.5) is 8.78 Å². The normalized spacial score (nSPS) is 10.6. The van der Waals surface area contributed by atoms with Crippen LogP contribution >= 0.6 is 15.9 Å². The Labute approximate surface area is 87.2 Å². The first-order valence-electron chi connectivity index (χ1n) is 3.74. The molecule has 0 spiro atoms. The largest absolute Gasteiger partial charge is 0.495 e. The lowest BCUT2D eigenvalue weighted by molar-refractivity contribution is 0.148. The van der Waals surface area contributed by atoms with Crippen LogP contribution < -0.4 is 10.3 Å². The lowest BCUT2D eigenvalue weighted by Gasteiger charge is -2.09. The molecule has 0 radical (unpaired) electrons. The molecule has 1 heterocycles. The van der Waals surface area contributed by atoms with E-state index >= 15 is 0 Å². The van der Waals surface area contributed by atoms with Crippen LogP contribution in [0, 0.1) is 0 Å². The minimum Gasteiger partial charge on any atom is -0.495 e. The summed E-state index contributed by atoms with van der Waals surface area (Å²) in [4.78, 5) is 13.3. The molecule has 0 atom stereocenters. The van der Waals surface area contributed by atoms with Crippen molar-refractivity contribution < 1.29 is 13.5 Å². The van der Waals surface area contributed by atoms with Crippen LogP contribution in [0.1, 0.15) is 17.6 Å². The van der Waals surface area contributed by atoms with Crippen molar-refractivity contribution in [1.82, 2.24) is 4.98 Å². The summed E-state index contributed by atoms with van der Waals surface area (Å²) in [6.45, 7) is 0. The molecule has 0 aliphatic rings. The number of halogens is 3. The average molecular weight is 268 g/mol. The zero-order valence-electron chi connectivity index (χ0n) is 7.31. The Kier molecular flexibility index (Phi) is 3.62. The third-order valence-electron chi connectivity index (χ3n) is 1.77. The predicted molar refractivity (Wildman–Crippen MR) is 51.2 cm³/mol. The Balaban J connectivity index is 3.43. The van der Waals surface area contributed by atoms with Crippen LogP contribution in [0.25, 0.3) is 0 Å². The second-order valence-electron chi connectivity index (χ2n) is 2.51. The van der Waals surface area contributed by atoms with Gasteiger partial charge in [0.15, 0.2) is 0 Å². The molecule has 0 bridgehead atoms. The number of rotatable bonds is 3. The summed E-state index contributed by atoms with van der Waals surface area (Å²) in [5, 5.41) is 0.153. The lowest BCUT2D eigenvalue weighted by atomic mass is 10.1. The second kappa shape index (κ2) is 4.54. The highest BCUT2D eigenvalue weighted by molar-refractivity contribution is 9.08. The van der Waals surface area contributed by atoms with Gasteiger partial charge in [0.1, 0.15) is 5.75 Å². The Morgan fingerprint density at radius 3 is 2.71 bits per heavy atom. The fourth-order valence-corrected chi connectivity index (χ4v) is 1.69. The van der Waals surface area contributed by atoms with Gasteiger partial charge in [0, 0.05) is 17.1 Å². The van der Waals surface area contributed by atoms with Crippen molar-refractivity contribution in [1.29, 1.82) is 0 Å². The molecule has 0 aromatic carbocycles. The molecule has 1 N–H and O–H groups in total. The van der Waals surface area contributed by atoms with Crippen molar-refractivity contribution in [2.45, 2.75) is 11.8 Å². The SMILES string of the molecule is COc1c[nH]c(=O)c(C(F)F)c1CBr. The molecular formula is C8H8BrF2NO2. The van der Waals surface area contributed by atoms with Gasteiger partial charge in [0.05, 0.1) is 12.7 Å². The number of alkyl halides is 3. The zero-order chi connectivity index (χ0) is 10.7. The molecule has 0 amide bonds. The van der Waals surface area contributed by atoms with E-state index in [4.69, 9.17) is 4.74 Å². The summed E-state index contributed by atoms with van der Waals surface area (Å²) in [6.07, 6.45) is -1.54. The van der Waals surface area contributed by atoms with E-state index < -0.39 is 17.5 Å². The van der Waals surface area contributed by atoms with Crippen LogP contribution in [0.3, 0.4) is 0 Å². The van der Waals surface area contributed by atoms with Crippen LogP contribution in [-0.4, -0.2) is 12.1 Å². The predicted octanol–water partition coefficient (Wildman–Crippen LogP) is 2.22. The number of nitrogens with one attached hydrogen (secondary N) is 1.